The first kappa shape index (κ1) is 12.6. The van der Waals surface area contributed by atoms with Crippen LogP contribution in [0.4, 0.5) is 11.4 Å². The van der Waals surface area contributed by atoms with Crippen molar-refractivity contribution in [2.75, 3.05) is 9.80 Å². The molecular weight excluding hydrogens is 260 g/mol. The first-order valence-corrected chi connectivity index (χ1v) is 6.07. The van der Waals surface area contributed by atoms with Crippen LogP contribution in [0.15, 0.2) is 48.6 Å². The van der Waals surface area contributed by atoms with E-state index >= 15 is 0 Å². The number of carbonyl (C=O) groups excluding carboxylic acids is 2. The molecule has 102 valence electrons. The Morgan fingerprint density at radius 3 is 1.35 bits per heavy atom. The summed E-state index contributed by atoms with van der Waals surface area (Å²) in [6, 6.07) is 6.45. The molecule has 0 aromatic heterocycles. The fourth-order valence-corrected chi connectivity index (χ4v) is 2.26. The minimum Gasteiger partial charge on any atom is -0.369 e. The summed E-state index contributed by atoms with van der Waals surface area (Å²) >= 11 is 0. The van der Waals surface area contributed by atoms with Crippen molar-refractivity contribution in [3.05, 3.63) is 48.6 Å². The van der Waals surface area contributed by atoms with Crippen molar-refractivity contribution >= 4 is 23.2 Å². The van der Waals surface area contributed by atoms with Crippen LogP contribution in [-0.2, 0) is 9.59 Å². The first-order chi connectivity index (χ1) is 9.58. The molecule has 0 spiro atoms. The van der Waals surface area contributed by atoms with E-state index in [0.717, 1.165) is 0 Å². The number of hydrogen-bond donors (Lipinski definition) is 2. The van der Waals surface area contributed by atoms with Crippen molar-refractivity contribution < 1.29 is 19.8 Å². The minimum atomic E-state index is -0.978. The lowest BCUT2D eigenvalue weighted by Crippen LogP contribution is -2.34. The molecule has 6 heteroatoms. The largest absolute Gasteiger partial charge is 0.369 e. The van der Waals surface area contributed by atoms with E-state index in [1.807, 2.05) is 0 Å². The topological polar surface area (TPSA) is 81.1 Å². The van der Waals surface area contributed by atoms with E-state index in [-0.39, 0.29) is 11.8 Å². The average molecular weight is 272 g/mol. The van der Waals surface area contributed by atoms with Gasteiger partial charge in [-0.15, -0.1) is 0 Å². The molecule has 2 heterocycles. The lowest BCUT2D eigenvalue weighted by Gasteiger charge is -2.23. The van der Waals surface area contributed by atoms with E-state index in [0.29, 0.717) is 11.4 Å². The minimum absolute atomic E-state index is 0.302. The molecule has 0 fully saturated rings. The van der Waals surface area contributed by atoms with E-state index in [1.165, 1.54) is 34.1 Å². The molecule has 0 bridgehead atoms. The van der Waals surface area contributed by atoms with Gasteiger partial charge >= 0.3 is 0 Å². The Balaban J connectivity index is 1.85. The summed E-state index contributed by atoms with van der Waals surface area (Å²) < 4.78 is 0. The number of benzene rings is 1. The van der Waals surface area contributed by atoms with Crippen LogP contribution in [0.1, 0.15) is 0 Å². The molecule has 2 atom stereocenters. The molecule has 0 radical (unpaired) electrons. The third kappa shape index (κ3) is 1.91. The standard InChI is InChI=1S/C14H12N2O4/c17-11-5-6-12(18)15(11)9-1-2-10(4-3-9)16-13(19)7-8-14(16)20/h1-8,11,13,17,19H. The Labute approximate surface area is 114 Å². The Kier molecular flexibility index (Phi) is 2.89. The van der Waals surface area contributed by atoms with Gasteiger partial charge in [-0.3, -0.25) is 19.4 Å². The molecule has 6 nitrogen and oxygen atoms in total. The van der Waals surface area contributed by atoms with Gasteiger partial charge in [0.2, 0.25) is 0 Å². The van der Waals surface area contributed by atoms with Crippen molar-refractivity contribution in [3.63, 3.8) is 0 Å². The smallest absolute Gasteiger partial charge is 0.253 e. The zero-order valence-corrected chi connectivity index (χ0v) is 10.4. The third-order valence-corrected chi connectivity index (χ3v) is 3.23. The van der Waals surface area contributed by atoms with Crippen LogP contribution in [0, 0.1) is 0 Å². The molecule has 20 heavy (non-hydrogen) atoms. The van der Waals surface area contributed by atoms with Gasteiger partial charge in [0, 0.05) is 23.5 Å². The highest BCUT2D eigenvalue weighted by molar-refractivity contribution is 6.06. The zero-order valence-electron chi connectivity index (χ0n) is 10.4. The number of anilines is 2. The third-order valence-electron chi connectivity index (χ3n) is 3.23. The molecule has 2 aliphatic heterocycles. The summed E-state index contributed by atoms with van der Waals surface area (Å²) in [5.41, 5.74) is 1.04. The summed E-state index contributed by atoms with van der Waals surface area (Å²) in [6.07, 6.45) is 3.44. The van der Waals surface area contributed by atoms with Crippen molar-refractivity contribution in [1.29, 1.82) is 0 Å². The van der Waals surface area contributed by atoms with Crippen LogP contribution < -0.4 is 9.80 Å². The van der Waals surface area contributed by atoms with Crippen molar-refractivity contribution in [1.82, 2.24) is 0 Å². The fourth-order valence-electron chi connectivity index (χ4n) is 2.26. The van der Waals surface area contributed by atoms with Gasteiger partial charge in [-0.1, -0.05) is 0 Å². The van der Waals surface area contributed by atoms with E-state index in [9.17, 15) is 19.8 Å². The van der Waals surface area contributed by atoms with Gasteiger partial charge in [0.25, 0.3) is 11.8 Å². The normalized spacial score (nSPS) is 25.1. The highest BCUT2D eigenvalue weighted by atomic mass is 16.3. The second-order valence-electron chi connectivity index (χ2n) is 4.48. The number of nitrogens with zero attached hydrogens (tertiary/aromatic N) is 2. The summed E-state index contributed by atoms with van der Waals surface area (Å²) in [4.78, 5) is 25.6. The first-order valence-electron chi connectivity index (χ1n) is 6.07. The molecule has 2 aliphatic rings. The number of amides is 2. The highest BCUT2D eigenvalue weighted by Crippen LogP contribution is 2.27. The van der Waals surface area contributed by atoms with E-state index < -0.39 is 12.5 Å². The lowest BCUT2D eigenvalue weighted by atomic mass is 10.2. The summed E-state index contributed by atoms with van der Waals surface area (Å²) in [5.74, 6) is -0.603. The highest BCUT2D eigenvalue weighted by Gasteiger charge is 2.27. The van der Waals surface area contributed by atoms with Crippen LogP contribution in [0.2, 0.25) is 0 Å². The maximum absolute atomic E-state index is 11.6. The van der Waals surface area contributed by atoms with Crippen LogP contribution in [0.25, 0.3) is 0 Å². The number of hydrogen-bond acceptors (Lipinski definition) is 4. The van der Waals surface area contributed by atoms with Gasteiger partial charge in [-0.05, 0) is 36.4 Å². The molecule has 0 aliphatic carbocycles. The van der Waals surface area contributed by atoms with Crippen LogP contribution >= 0.6 is 0 Å². The molecule has 0 saturated carbocycles. The van der Waals surface area contributed by atoms with Crippen LogP contribution in [0.5, 0.6) is 0 Å². The van der Waals surface area contributed by atoms with Gasteiger partial charge in [0.05, 0.1) is 0 Å². The van der Waals surface area contributed by atoms with E-state index in [4.69, 9.17) is 0 Å². The van der Waals surface area contributed by atoms with E-state index in [1.54, 1.807) is 24.3 Å². The van der Waals surface area contributed by atoms with Crippen molar-refractivity contribution in [2.45, 2.75) is 12.5 Å². The Morgan fingerprint density at radius 1 is 0.750 bits per heavy atom. The Morgan fingerprint density at radius 2 is 1.10 bits per heavy atom. The summed E-state index contributed by atoms with van der Waals surface area (Å²) in [6.45, 7) is 0. The predicted molar refractivity (Wildman–Crippen MR) is 71.7 cm³/mol. The maximum atomic E-state index is 11.6. The summed E-state index contributed by atoms with van der Waals surface area (Å²) in [5, 5.41) is 19.4. The lowest BCUT2D eigenvalue weighted by molar-refractivity contribution is -0.115. The Hall–Kier alpha value is -2.44. The second kappa shape index (κ2) is 4.59. The molecule has 1 aromatic rings. The second-order valence-corrected chi connectivity index (χ2v) is 4.48. The zero-order chi connectivity index (χ0) is 14.3. The van der Waals surface area contributed by atoms with E-state index in [2.05, 4.69) is 0 Å². The summed E-state index contributed by atoms with van der Waals surface area (Å²) in [7, 11) is 0. The number of aliphatic hydroxyl groups excluding tert-OH is 2. The number of carbonyl (C=O) groups is 2. The van der Waals surface area contributed by atoms with Gasteiger partial charge in [-0.25, -0.2) is 0 Å². The van der Waals surface area contributed by atoms with Crippen molar-refractivity contribution in [3.8, 4) is 0 Å². The molecule has 1 aromatic carbocycles. The molecule has 3 rings (SSSR count). The van der Waals surface area contributed by atoms with Gasteiger partial charge < -0.3 is 10.2 Å². The van der Waals surface area contributed by atoms with Crippen LogP contribution in [0.3, 0.4) is 0 Å². The number of aliphatic hydroxyl groups is 2. The fraction of sp³-hybridized carbons (Fsp3) is 0.143. The average Bonchev–Trinajstić information content (AvgIpc) is 2.94. The van der Waals surface area contributed by atoms with Crippen molar-refractivity contribution in [2.24, 2.45) is 0 Å². The Bertz CT molecular complexity index is 566. The van der Waals surface area contributed by atoms with Gasteiger partial charge in [0.15, 0.2) is 12.5 Å². The maximum Gasteiger partial charge on any atom is 0.253 e. The van der Waals surface area contributed by atoms with Gasteiger partial charge in [-0.2, -0.15) is 0 Å². The molecule has 0 saturated heterocycles. The predicted octanol–water partition coefficient (Wildman–Crippen LogP) is 0.129. The number of rotatable bonds is 2. The molecule has 2 N–H and O–H groups in total. The molecular formula is C14H12N2O4. The van der Waals surface area contributed by atoms with Gasteiger partial charge in [0.1, 0.15) is 0 Å². The SMILES string of the molecule is O=C1C=CC(O)N1c1ccc(N2C(=O)C=CC2O)cc1. The monoisotopic (exact) mass is 272 g/mol. The molecule has 2 unspecified atom stereocenters. The van der Waals surface area contributed by atoms with Crippen LogP contribution in [-0.4, -0.2) is 34.5 Å². The molecule has 2 amide bonds. The quantitative estimate of drug-likeness (QED) is 0.802.